The monoisotopic (exact) mass is 328 g/mol. The lowest BCUT2D eigenvalue weighted by molar-refractivity contribution is -0.140. The Bertz CT molecular complexity index is 546. The lowest BCUT2D eigenvalue weighted by Gasteiger charge is -2.34. The average molecular weight is 328 g/mol. The van der Waals surface area contributed by atoms with Crippen molar-refractivity contribution >= 4 is 11.6 Å². The van der Waals surface area contributed by atoms with Crippen molar-refractivity contribution in [1.82, 2.24) is 5.32 Å². The number of halogens is 2. The molecule has 1 amide bonds. The molecule has 1 fully saturated rings. The molecule has 5 nitrogen and oxygen atoms in total. The van der Waals surface area contributed by atoms with E-state index >= 15 is 0 Å². The summed E-state index contributed by atoms with van der Waals surface area (Å²) in [4.78, 5) is 12.6. The molecule has 1 aromatic rings. The molecule has 0 saturated carbocycles. The van der Waals surface area contributed by atoms with Crippen LogP contribution in [-0.4, -0.2) is 44.7 Å². The third-order valence-corrected chi connectivity index (χ3v) is 4.03. The van der Waals surface area contributed by atoms with Crippen molar-refractivity contribution in [3.8, 4) is 5.75 Å². The minimum Gasteiger partial charge on any atom is -0.487 e. The number of anilines is 1. The first-order valence-corrected chi connectivity index (χ1v) is 7.56. The molecule has 1 aromatic carbocycles. The topological polar surface area (TPSA) is 59.6 Å². The summed E-state index contributed by atoms with van der Waals surface area (Å²) in [7, 11) is 1.53. The van der Waals surface area contributed by atoms with Gasteiger partial charge in [-0.05, 0) is 44.5 Å². The quantitative estimate of drug-likeness (QED) is 0.841. The van der Waals surface area contributed by atoms with Gasteiger partial charge in [0.25, 0.3) is 12.3 Å². The zero-order chi connectivity index (χ0) is 16.9. The minimum atomic E-state index is -2.54. The minimum absolute atomic E-state index is 0.231. The molecule has 0 spiro atoms. The van der Waals surface area contributed by atoms with Gasteiger partial charge >= 0.3 is 0 Å². The van der Waals surface area contributed by atoms with Gasteiger partial charge in [-0.2, -0.15) is 0 Å². The van der Waals surface area contributed by atoms with E-state index in [0.717, 1.165) is 5.56 Å². The molecule has 0 radical (unpaired) electrons. The van der Waals surface area contributed by atoms with E-state index in [4.69, 9.17) is 9.47 Å². The Hall–Kier alpha value is -1.73. The lowest BCUT2D eigenvalue weighted by atomic mass is 9.91. The maximum absolute atomic E-state index is 12.6. The highest BCUT2D eigenvalue weighted by Crippen LogP contribution is 2.27. The number of methoxy groups -OCH3 is 1. The van der Waals surface area contributed by atoms with Gasteiger partial charge in [0.2, 0.25) is 0 Å². The van der Waals surface area contributed by atoms with Crippen LogP contribution in [0.15, 0.2) is 18.2 Å². The molecule has 7 heteroatoms. The highest BCUT2D eigenvalue weighted by molar-refractivity contribution is 5.97. The van der Waals surface area contributed by atoms with Crippen LogP contribution in [0.4, 0.5) is 14.5 Å². The van der Waals surface area contributed by atoms with E-state index in [9.17, 15) is 13.6 Å². The van der Waals surface area contributed by atoms with Crippen LogP contribution in [0.25, 0.3) is 0 Å². The van der Waals surface area contributed by atoms with Crippen molar-refractivity contribution in [3.63, 3.8) is 0 Å². The van der Waals surface area contributed by atoms with Crippen LogP contribution in [0.5, 0.6) is 5.75 Å². The fourth-order valence-electron chi connectivity index (χ4n) is 2.59. The standard InChI is InChI=1S/C16H22F2N2O3/c1-11-3-4-12(9-13(11)23-10-14(17)18)20-15(21)16(22-2)5-7-19-8-6-16/h3-4,9,14,19H,5-8,10H2,1-2H3,(H,20,21). The van der Waals surface area contributed by atoms with E-state index in [1.165, 1.54) is 7.11 Å². The number of ether oxygens (including phenoxy) is 2. The Labute approximate surface area is 134 Å². The fraction of sp³-hybridized carbons (Fsp3) is 0.562. The zero-order valence-corrected chi connectivity index (χ0v) is 13.3. The van der Waals surface area contributed by atoms with Crippen molar-refractivity contribution in [2.24, 2.45) is 0 Å². The summed E-state index contributed by atoms with van der Waals surface area (Å²) in [5, 5.41) is 5.98. The zero-order valence-electron chi connectivity index (χ0n) is 13.3. The SMILES string of the molecule is COC1(C(=O)Nc2ccc(C)c(OCC(F)F)c2)CCNCC1. The molecule has 128 valence electrons. The van der Waals surface area contributed by atoms with Gasteiger partial charge in [-0.1, -0.05) is 6.07 Å². The largest absolute Gasteiger partial charge is 0.487 e. The van der Waals surface area contributed by atoms with Gasteiger partial charge in [0, 0.05) is 18.9 Å². The third-order valence-electron chi connectivity index (χ3n) is 4.03. The first-order chi connectivity index (χ1) is 11.0. The Morgan fingerprint density at radius 3 is 2.70 bits per heavy atom. The van der Waals surface area contributed by atoms with Crippen molar-refractivity contribution in [3.05, 3.63) is 23.8 Å². The summed E-state index contributed by atoms with van der Waals surface area (Å²) in [6.07, 6.45) is -1.38. The molecule has 2 rings (SSSR count). The molecular weight excluding hydrogens is 306 g/mol. The molecule has 0 aliphatic carbocycles. The number of carbonyl (C=O) groups excluding carboxylic acids is 1. The van der Waals surface area contributed by atoms with E-state index in [1.54, 1.807) is 25.1 Å². The van der Waals surface area contributed by atoms with E-state index in [2.05, 4.69) is 10.6 Å². The number of hydrogen-bond donors (Lipinski definition) is 2. The van der Waals surface area contributed by atoms with Gasteiger partial charge < -0.3 is 20.1 Å². The van der Waals surface area contributed by atoms with Crippen LogP contribution in [0, 0.1) is 6.92 Å². The summed E-state index contributed by atoms with van der Waals surface area (Å²) >= 11 is 0. The molecule has 1 aliphatic heterocycles. The van der Waals surface area contributed by atoms with Gasteiger partial charge in [0.1, 0.15) is 18.0 Å². The van der Waals surface area contributed by atoms with Gasteiger partial charge in [0.05, 0.1) is 0 Å². The van der Waals surface area contributed by atoms with E-state index < -0.39 is 18.6 Å². The summed E-state index contributed by atoms with van der Waals surface area (Å²) in [6, 6.07) is 4.99. The lowest BCUT2D eigenvalue weighted by Crippen LogP contribution is -2.51. The predicted octanol–water partition coefficient (Wildman–Crippen LogP) is 2.35. The third kappa shape index (κ3) is 4.39. The number of nitrogens with one attached hydrogen (secondary N) is 2. The second kappa shape index (κ2) is 7.70. The average Bonchev–Trinajstić information content (AvgIpc) is 2.55. The predicted molar refractivity (Wildman–Crippen MR) is 83.2 cm³/mol. The normalized spacial score (nSPS) is 17.1. The number of aryl methyl sites for hydroxylation is 1. The molecule has 0 bridgehead atoms. The van der Waals surface area contributed by atoms with Gasteiger partial charge in [-0.25, -0.2) is 8.78 Å². The Balaban J connectivity index is 2.09. The van der Waals surface area contributed by atoms with Gasteiger partial charge in [-0.15, -0.1) is 0 Å². The smallest absolute Gasteiger partial charge is 0.272 e. The molecule has 0 aromatic heterocycles. The van der Waals surface area contributed by atoms with Crippen LogP contribution in [0.1, 0.15) is 18.4 Å². The maximum Gasteiger partial charge on any atom is 0.272 e. The number of rotatable bonds is 6. The molecule has 0 atom stereocenters. The summed E-state index contributed by atoms with van der Waals surface area (Å²) in [5.41, 5.74) is 0.368. The summed E-state index contributed by atoms with van der Waals surface area (Å²) in [5.74, 6) is 0.102. The van der Waals surface area contributed by atoms with Crippen LogP contribution in [0.3, 0.4) is 0 Å². The summed E-state index contributed by atoms with van der Waals surface area (Å²) < 4.78 is 35.1. The molecule has 0 unspecified atom stereocenters. The Kier molecular flexibility index (Phi) is 5.90. The Morgan fingerprint density at radius 2 is 2.09 bits per heavy atom. The molecular formula is C16H22F2N2O3. The molecule has 1 heterocycles. The van der Waals surface area contributed by atoms with Crippen molar-refractivity contribution in [2.75, 3.05) is 32.1 Å². The summed E-state index contributed by atoms with van der Waals surface area (Å²) in [6.45, 7) is 2.50. The van der Waals surface area contributed by atoms with Gasteiger partial charge in [-0.3, -0.25) is 4.79 Å². The van der Waals surface area contributed by atoms with Gasteiger partial charge in [0.15, 0.2) is 0 Å². The van der Waals surface area contributed by atoms with E-state index in [1.807, 2.05) is 0 Å². The van der Waals surface area contributed by atoms with E-state index in [0.29, 0.717) is 37.4 Å². The maximum atomic E-state index is 12.6. The Morgan fingerprint density at radius 1 is 1.39 bits per heavy atom. The highest BCUT2D eigenvalue weighted by Gasteiger charge is 2.39. The van der Waals surface area contributed by atoms with Crippen LogP contribution >= 0.6 is 0 Å². The fourth-order valence-corrected chi connectivity index (χ4v) is 2.59. The molecule has 1 saturated heterocycles. The second-order valence-corrected chi connectivity index (χ2v) is 5.58. The van der Waals surface area contributed by atoms with Crippen molar-refractivity contribution in [1.29, 1.82) is 0 Å². The molecule has 2 N–H and O–H groups in total. The van der Waals surface area contributed by atoms with Crippen LogP contribution < -0.4 is 15.4 Å². The van der Waals surface area contributed by atoms with Crippen molar-refractivity contribution in [2.45, 2.75) is 31.8 Å². The van der Waals surface area contributed by atoms with E-state index in [-0.39, 0.29) is 5.91 Å². The molecule has 23 heavy (non-hydrogen) atoms. The first-order valence-electron chi connectivity index (χ1n) is 7.56. The van der Waals surface area contributed by atoms with Crippen LogP contribution in [-0.2, 0) is 9.53 Å². The number of piperidine rings is 1. The number of hydrogen-bond acceptors (Lipinski definition) is 4. The number of amides is 1. The number of alkyl halides is 2. The first kappa shape index (κ1) is 17.6. The number of benzene rings is 1. The second-order valence-electron chi connectivity index (χ2n) is 5.58. The van der Waals surface area contributed by atoms with Crippen LogP contribution in [0.2, 0.25) is 0 Å². The van der Waals surface area contributed by atoms with Crippen molar-refractivity contribution < 1.29 is 23.0 Å². The molecule has 1 aliphatic rings. The number of carbonyl (C=O) groups is 1. The highest BCUT2D eigenvalue weighted by atomic mass is 19.3.